The van der Waals surface area contributed by atoms with Gasteiger partial charge in [-0.1, -0.05) is 35.9 Å². The number of amides is 2. The summed E-state index contributed by atoms with van der Waals surface area (Å²) in [7, 11) is 2.00. The fourth-order valence-corrected chi connectivity index (χ4v) is 3.18. The number of quaternary nitrogens is 1. The minimum absolute atomic E-state index is 0.0936. The average molecular weight is 366 g/mol. The molecule has 1 atom stereocenters. The summed E-state index contributed by atoms with van der Waals surface area (Å²) in [6, 6.07) is 13.9. The molecular weight excluding hydrogens is 338 g/mol. The molecule has 1 aliphatic carbocycles. The maximum atomic E-state index is 12.5. The van der Waals surface area contributed by atoms with Gasteiger partial charge in [0.2, 0.25) is 0 Å². The number of carbonyl (C=O) groups excluding carboxylic acids is 2. The summed E-state index contributed by atoms with van der Waals surface area (Å²) in [5.74, 6) is -0.215. The number of likely N-dealkylation sites (N-methyl/N-ethyl adjacent to an activating group) is 1. The molecule has 0 saturated heterocycles. The van der Waals surface area contributed by atoms with Gasteiger partial charge in [0, 0.05) is 11.6 Å². The van der Waals surface area contributed by atoms with E-state index in [9.17, 15) is 9.59 Å². The molecule has 1 fully saturated rings. The van der Waals surface area contributed by atoms with Gasteiger partial charge < -0.3 is 15.5 Å². The number of rotatable bonds is 7. The van der Waals surface area contributed by atoms with Crippen LogP contribution < -0.4 is 15.5 Å². The van der Waals surface area contributed by atoms with Gasteiger partial charge in [0.25, 0.3) is 11.8 Å². The highest BCUT2D eigenvalue weighted by Gasteiger charge is 2.25. The van der Waals surface area contributed by atoms with Gasteiger partial charge in [0.15, 0.2) is 6.54 Å². The van der Waals surface area contributed by atoms with Crippen LogP contribution >= 0.6 is 0 Å². The van der Waals surface area contributed by atoms with Crippen molar-refractivity contribution in [1.82, 2.24) is 5.32 Å². The van der Waals surface area contributed by atoms with Gasteiger partial charge >= 0.3 is 0 Å². The summed E-state index contributed by atoms with van der Waals surface area (Å²) in [5.41, 5.74) is 4.82. The number of anilines is 1. The lowest BCUT2D eigenvalue weighted by Gasteiger charge is -2.16. The third-order valence-electron chi connectivity index (χ3n) is 4.81. The van der Waals surface area contributed by atoms with Gasteiger partial charge in [0.05, 0.1) is 18.3 Å². The van der Waals surface area contributed by atoms with Crippen LogP contribution in [0.25, 0.3) is 0 Å². The second kappa shape index (κ2) is 8.35. The van der Waals surface area contributed by atoms with Crippen molar-refractivity contribution in [3.63, 3.8) is 0 Å². The Labute approximate surface area is 160 Å². The molecule has 5 nitrogen and oxygen atoms in total. The fraction of sp³-hybridized carbons (Fsp3) is 0.364. The van der Waals surface area contributed by atoms with Crippen LogP contribution in [-0.4, -0.2) is 31.4 Å². The summed E-state index contributed by atoms with van der Waals surface area (Å²) in [6.45, 7) is 5.30. The molecule has 1 saturated carbocycles. The molecule has 27 heavy (non-hydrogen) atoms. The summed E-state index contributed by atoms with van der Waals surface area (Å²) in [5, 5.41) is 5.88. The number of hydrogen-bond acceptors (Lipinski definition) is 2. The van der Waals surface area contributed by atoms with Crippen molar-refractivity contribution in [2.45, 2.75) is 39.3 Å². The molecule has 2 aromatic rings. The zero-order valence-corrected chi connectivity index (χ0v) is 16.3. The van der Waals surface area contributed by atoms with Gasteiger partial charge in [-0.3, -0.25) is 9.59 Å². The fourth-order valence-electron chi connectivity index (χ4n) is 3.18. The zero-order valence-electron chi connectivity index (χ0n) is 16.3. The van der Waals surface area contributed by atoms with Crippen LogP contribution in [0.1, 0.15) is 39.9 Å². The number of aryl methyl sites for hydroxylation is 2. The molecule has 0 aliphatic heterocycles. The monoisotopic (exact) mass is 366 g/mol. The predicted octanol–water partition coefficient (Wildman–Crippen LogP) is 1.85. The van der Waals surface area contributed by atoms with Crippen molar-refractivity contribution in [3.8, 4) is 0 Å². The van der Waals surface area contributed by atoms with E-state index < -0.39 is 0 Å². The highest BCUT2D eigenvalue weighted by molar-refractivity contribution is 6.04. The lowest BCUT2D eigenvalue weighted by molar-refractivity contribution is -0.885. The first-order valence-electron chi connectivity index (χ1n) is 9.49. The van der Waals surface area contributed by atoms with Crippen LogP contribution in [0.4, 0.5) is 5.69 Å². The van der Waals surface area contributed by atoms with Crippen molar-refractivity contribution < 1.29 is 14.5 Å². The van der Waals surface area contributed by atoms with Crippen LogP contribution in [0.3, 0.4) is 0 Å². The van der Waals surface area contributed by atoms with Crippen molar-refractivity contribution in [2.24, 2.45) is 0 Å². The first-order valence-corrected chi connectivity index (χ1v) is 9.49. The largest absolute Gasteiger partial charge is 0.349 e. The van der Waals surface area contributed by atoms with Gasteiger partial charge in [-0.15, -0.1) is 0 Å². The predicted molar refractivity (Wildman–Crippen MR) is 107 cm³/mol. The Hall–Kier alpha value is -2.66. The van der Waals surface area contributed by atoms with Gasteiger partial charge in [-0.05, 0) is 44.4 Å². The van der Waals surface area contributed by atoms with Crippen molar-refractivity contribution >= 4 is 17.5 Å². The first kappa shape index (κ1) is 19.1. The van der Waals surface area contributed by atoms with Crippen molar-refractivity contribution in [2.75, 3.05) is 18.9 Å². The molecule has 5 heteroatoms. The molecule has 0 heterocycles. The van der Waals surface area contributed by atoms with Crippen LogP contribution in [0, 0.1) is 13.8 Å². The van der Waals surface area contributed by atoms with E-state index in [0.717, 1.165) is 24.3 Å². The second-order valence-corrected chi connectivity index (χ2v) is 7.58. The van der Waals surface area contributed by atoms with Crippen molar-refractivity contribution in [1.29, 1.82) is 0 Å². The van der Waals surface area contributed by atoms with Gasteiger partial charge in [0.1, 0.15) is 6.54 Å². The SMILES string of the molecule is Cc1ccc(C[NH+](C)CC(=O)Nc2ccccc2C(=O)NC2CC2)c(C)c1. The van der Waals surface area contributed by atoms with E-state index in [1.165, 1.54) is 16.7 Å². The smallest absolute Gasteiger partial charge is 0.279 e. The quantitative estimate of drug-likeness (QED) is 0.700. The number of benzene rings is 2. The molecule has 2 amide bonds. The topological polar surface area (TPSA) is 62.6 Å². The minimum Gasteiger partial charge on any atom is -0.349 e. The molecule has 0 aromatic heterocycles. The van der Waals surface area contributed by atoms with Crippen LogP contribution in [0.5, 0.6) is 0 Å². The standard InChI is InChI=1S/C22H27N3O2/c1-15-8-9-17(16(2)12-15)13-25(3)14-21(26)24-20-7-5-4-6-19(20)22(27)23-18-10-11-18/h4-9,12,18H,10-11,13-14H2,1-3H3,(H,23,27)(H,24,26)/p+1. The summed E-state index contributed by atoms with van der Waals surface area (Å²) < 4.78 is 0. The van der Waals surface area contributed by atoms with Crippen molar-refractivity contribution in [3.05, 3.63) is 64.7 Å². The minimum atomic E-state index is -0.121. The molecule has 1 unspecified atom stereocenters. The maximum Gasteiger partial charge on any atom is 0.279 e. The Kier molecular flexibility index (Phi) is 5.91. The Morgan fingerprint density at radius 3 is 2.56 bits per heavy atom. The number of carbonyl (C=O) groups is 2. The Bertz CT molecular complexity index is 843. The van der Waals surface area contributed by atoms with E-state index in [0.29, 0.717) is 17.8 Å². The average Bonchev–Trinajstić information content (AvgIpc) is 3.41. The third-order valence-corrected chi connectivity index (χ3v) is 4.81. The van der Waals surface area contributed by atoms with Gasteiger partial charge in [-0.2, -0.15) is 0 Å². The second-order valence-electron chi connectivity index (χ2n) is 7.58. The Morgan fingerprint density at radius 2 is 1.85 bits per heavy atom. The molecule has 3 rings (SSSR count). The van der Waals surface area contributed by atoms with Crippen LogP contribution in [0.15, 0.2) is 42.5 Å². The van der Waals surface area contributed by atoms with Crippen LogP contribution in [-0.2, 0) is 11.3 Å². The highest BCUT2D eigenvalue weighted by atomic mass is 16.2. The Balaban J connectivity index is 1.59. The molecule has 0 bridgehead atoms. The first-order chi connectivity index (χ1) is 12.9. The van der Waals surface area contributed by atoms with E-state index >= 15 is 0 Å². The number of hydrogen-bond donors (Lipinski definition) is 3. The molecule has 3 N–H and O–H groups in total. The number of para-hydroxylation sites is 1. The number of nitrogens with one attached hydrogen (secondary N) is 3. The van der Waals surface area contributed by atoms with E-state index in [1.807, 2.05) is 19.2 Å². The lowest BCUT2D eigenvalue weighted by Crippen LogP contribution is -3.08. The molecule has 1 aliphatic rings. The normalized spacial score (nSPS) is 14.5. The van der Waals surface area contributed by atoms with E-state index in [1.54, 1.807) is 12.1 Å². The summed E-state index contributed by atoms with van der Waals surface area (Å²) >= 11 is 0. The van der Waals surface area contributed by atoms with E-state index in [4.69, 9.17) is 0 Å². The zero-order chi connectivity index (χ0) is 19.4. The highest BCUT2D eigenvalue weighted by Crippen LogP contribution is 2.21. The molecule has 0 spiro atoms. The molecule has 142 valence electrons. The molecule has 0 radical (unpaired) electrons. The molecular formula is C22H28N3O2+. The summed E-state index contributed by atoms with van der Waals surface area (Å²) in [4.78, 5) is 26.0. The summed E-state index contributed by atoms with van der Waals surface area (Å²) in [6.07, 6.45) is 2.07. The molecule has 2 aromatic carbocycles. The Morgan fingerprint density at radius 1 is 1.11 bits per heavy atom. The van der Waals surface area contributed by atoms with Crippen LogP contribution in [0.2, 0.25) is 0 Å². The van der Waals surface area contributed by atoms with Gasteiger partial charge in [-0.25, -0.2) is 0 Å². The third kappa shape index (κ3) is 5.41. The lowest BCUT2D eigenvalue weighted by atomic mass is 10.1. The van der Waals surface area contributed by atoms with E-state index in [-0.39, 0.29) is 17.9 Å². The maximum absolute atomic E-state index is 12.5. The van der Waals surface area contributed by atoms with E-state index in [2.05, 4.69) is 42.7 Å².